The number of aromatic nitrogens is 1. The quantitative estimate of drug-likeness (QED) is 0.854. The molecular weight excluding hydrogens is 301 g/mol. The van der Waals surface area contributed by atoms with Gasteiger partial charge >= 0.3 is 6.18 Å². The number of likely N-dealkylation sites (tertiary alicyclic amines) is 1. The third kappa shape index (κ3) is 2.63. The van der Waals surface area contributed by atoms with E-state index in [1.807, 2.05) is 18.2 Å². The largest absolute Gasteiger partial charge is 0.433 e. The van der Waals surface area contributed by atoms with Gasteiger partial charge in [0.25, 0.3) is 0 Å². The Labute approximate surface area is 133 Å². The van der Waals surface area contributed by atoms with Crippen LogP contribution in [-0.4, -0.2) is 23.0 Å². The molecule has 1 aromatic heterocycles. The maximum Gasteiger partial charge on any atom is 0.433 e. The number of hydrogen-bond donors (Lipinski definition) is 0. The number of rotatable bonds is 3. The fourth-order valence-electron chi connectivity index (χ4n) is 3.82. The van der Waals surface area contributed by atoms with Crippen LogP contribution in [0.5, 0.6) is 0 Å². The summed E-state index contributed by atoms with van der Waals surface area (Å²) in [7, 11) is 0. The molecule has 0 amide bonds. The fourth-order valence-corrected chi connectivity index (χ4v) is 3.82. The van der Waals surface area contributed by atoms with Crippen LogP contribution in [0.4, 0.5) is 13.2 Å². The molecule has 1 unspecified atom stereocenters. The summed E-state index contributed by atoms with van der Waals surface area (Å²) in [5.41, 5.74) is 0.890. The second-order valence-corrected chi connectivity index (χ2v) is 6.62. The Morgan fingerprint density at radius 2 is 1.87 bits per heavy atom. The molecule has 2 aromatic rings. The van der Waals surface area contributed by atoms with Crippen molar-refractivity contribution in [1.29, 1.82) is 0 Å². The van der Waals surface area contributed by atoms with Crippen molar-refractivity contribution < 1.29 is 13.2 Å². The highest BCUT2D eigenvalue weighted by Gasteiger charge is 2.61. The third-order valence-electron chi connectivity index (χ3n) is 5.01. The number of alkyl halides is 3. The van der Waals surface area contributed by atoms with Crippen LogP contribution in [0.2, 0.25) is 0 Å². The highest BCUT2D eigenvalue weighted by molar-refractivity contribution is 5.34. The predicted octanol–water partition coefficient (Wildman–Crippen LogP) is 3.87. The van der Waals surface area contributed by atoms with Gasteiger partial charge in [-0.2, -0.15) is 13.2 Å². The molecule has 2 nitrogen and oxygen atoms in total. The van der Waals surface area contributed by atoms with Crippen molar-refractivity contribution in [2.24, 2.45) is 5.92 Å². The van der Waals surface area contributed by atoms with E-state index in [1.165, 1.54) is 11.6 Å². The van der Waals surface area contributed by atoms with E-state index in [4.69, 9.17) is 0 Å². The molecular formula is C18H17F3N2. The average Bonchev–Trinajstić information content (AvgIpc) is 3.10. The van der Waals surface area contributed by atoms with Gasteiger partial charge in [0, 0.05) is 30.7 Å². The summed E-state index contributed by atoms with van der Waals surface area (Å²) in [5.74, 6) is 0.433. The standard InChI is InChI=1S/C18H17F3N2/c19-18(20,21)16-8-4-7-15(22-16)17-9-14(17)11-23(12-17)10-13-5-2-1-3-6-13/h1-8,14H,9-12H2/t14-,17?/m1/s1. The van der Waals surface area contributed by atoms with E-state index in [0.29, 0.717) is 11.6 Å². The number of hydrogen-bond acceptors (Lipinski definition) is 2. The minimum atomic E-state index is -4.38. The lowest BCUT2D eigenvalue weighted by Gasteiger charge is -2.21. The van der Waals surface area contributed by atoms with E-state index >= 15 is 0 Å². The third-order valence-corrected chi connectivity index (χ3v) is 5.01. The first-order chi connectivity index (χ1) is 11.0. The lowest BCUT2D eigenvalue weighted by atomic mass is 10.0. The second-order valence-electron chi connectivity index (χ2n) is 6.62. The van der Waals surface area contributed by atoms with Crippen molar-refractivity contribution >= 4 is 0 Å². The van der Waals surface area contributed by atoms with Crippen LogP contribution < -0.4 is 0 Å². The first kappa shape index (κ1) is 14.7. The molecule has 120 valence electrons. The molecule has 1 aromatic carbocycles. The molecule has 0 N–H and O–H groups in total. The molecule has 0 spiro atoms. The number of pyridine rings is 1. The van der Waals surface area contributed by atoms with E-state index in [2.05, 4.69) is 22.0 Å². The van der Waals surface area contributed by atoms with Gasteiger partial charge in [-0.1, -0.05) is 36.4 Å². The minimum Gasteiger partial charge on any atom is -0.298 e. The normalized spacial score (nSPS) is 27.0. The van der Waals surface area contributed by atoms with Crippen LogP contribution in [0.3, 0.4) is 0 Å². The van der Waals surface area contributed by atoms with Gasteiger partial charge in [-0.15, -0.1) is 0 Å². The highest BCUT2D eigenvalue weighted by Crippen LogP contribution is 2.58. The lowest BCUT2D eigenvalue weighted by Crippen LogP contribution is -2.27. The summed E-state index contributed by atoms with van der Waals surface area (Å²) in [5, 5.41) is 0. The van der Waals surface area contributed by atoms with Gasteiger partial charge in [-0.3, -0.25) is 4.90 Å². The summed E-state index contributed by atoms with van der Waals surface area (Å²) in [6.07, 6.45) is -3.42. The summed E-state index contributed by atoms with van der Waals surface area (Å²) in [6, 6.07) is 14.5. The number of benzene rings is 1. The monoisotopic (exact) mass is 318 g/mol. The fraction of sp³-hybridized carbons (Fsp3) is 0.389. The number of fused-ring (bicyclic) bond motifs is 1. The molecule has 0 radical (unpaired) electrons. The Morgan fingerprint density at radius 1 is 1.09 bits per heavy atom. The molecule has 2 heterocycles. The van der Waals surface area contributed by atoms with Crippen molar-refractivity contribution in [3.05, 3.63) is 65.5 Å². The van der Waals surface area contributed by atoms with E-state index in [1.54, 1.807) is 6.07 Å². The molecule has 0 bridgehead atoms. The van der Waals surface area contributed by atoms with Crippen LogP contribution >= 0.6 is 0 Å². The number of halogens is 3. The van der Waals surface area contributed by atoms with Crippen molar-refractivity contribution in [2.45, 2.75) is 24.6 Å². The Morgan fingerprint density at radius 3 is 2.61 bits per heavy atom. The van der Waals surface area contributed by atoms with Crippen molar-refractivity contribution in [2.75, 3.05) is 13.1 Å². The molecule has 2 atom stereocenters. The van der Waals surface area contributed by atoms with Gasteiger partial charge in [0.15, 0.2) is 0 Å². The topological polar surface area (TPSA) is 16.1 Å². The average molecular weight is 318 g/mol. The molecule has 1 saturated carbocycles. The zero-order valence-corrected chi connectivity index (χ0v) is 12.6. The number of piperidine rings is 1. The van der Waals surface area contributed by atoms with Crippen molar-refractivity contribution in [3.8, 4) is 0 Å². The van der Waals surface area contributed by atoms with Crippen LogP contribution in [0.25, 0.3) is 0 Å². The van der Waals surface area contributed by atoms with E-state index in [0.717, 1.165) is 32.1 Å². The lowest BCUT2D eigenvalue weighted by molar-refractivity contribution is -0.141. The molecule has 2 aliphatic rings. The Kier molecular flexibility index (Phi) is 3.23. The number of nitrogens with zero attached hydrogens (tertiary/aromatic N) is 2. The van der Waals surface area contributed by atoms with Crippen LogP contribution in [0, 0.1) is 5.92 Å². The summed E-state index contributed by atoms with van der Waals surface area (Å²) < 4.78 is 38.7. The summed E-state index contributed by atoms with van der Waals surface area (Å²) >= 11 is 0. The van der Waals surface area contributed by atoms with Crippen LogP contribution in [0.15, 0.2) is 48.5 Å². The molecule has 23 heavy (non-hydrogen) atoms. The van der Waals surface area contributed by atoms with Crippen LogP contribution in [0.1, 0.15) is 23.4 Å². The maximum atomic E-state index is 12.9. The minimum absolute atomic E-state index is 0.171. The van der Waals surface area contributed by atoms with Crippen LogP contribution in [-0.2, 0) is 18.1 Å². The highest BCUT2D eigenvalue weighted by atomic mass is 19.4. The molecule has 4 rings (SSSR count). The molecule has 1 saturated heterocycles. The second kappa shape index (κ2) is 5.06. The zero-order valence-electron chi connectivity index (χ0n) is 12.6. The summed E-state index contributed by atoms with van der Waals surface area (Å²) in [6.45, 7) is 2.58. The molecule has 1 aliphatic heterocycles. The van der Waals surface area contributed by atoms with E-state index < -0.39 is 11.9 Å². The molecule has 5 heteroatoms. The molecule has 2 fully saturated rings. The maximum absolute atomic E-state index is 12.9. The van der Waals surface area contributed by atoms with Gasteiger partial charge in [0.1, 0.15) is 5.69 Å². The molecule has 1 aliphatic carbocycles. The summed E-state index contributed by atoms with van der Waals surface area (Å²) in [4.78, 5) is 6.25. The van der Waals surface area contributed by atoms with Gasteiger partial charge in [0.2, 0.25) is 0 Å². The first-order valence-electron chi connectivity index (χ1n) is 7.78. The van der Waals surface area contributed by atoms with E-state index in [-0.39, 0.29) is 5.41 Å². The van der Waals surface area contributed by atoms with Gasteiger partial charge in [0.05, 0.1) is 0 Å². The van der Waals surface area contributed by atoms with Gasteiger partial charge in [-0.05, 0) is 30.0 Å². The zero-order chi connectivity index (χ0) is 16.1. The van der Waals surface area contributed by atoms with E-state index in [9.17, 15) is 13.2 Å². The smallest absolute Gasteiger partial charge is 0.298 e. The Hall–Kier alpha value is -1.88. The van der Waals surface area contributed by atoms with Crippen molar-refractivity contribution in [1.82, 2.24) is 9.88 Å². The predicted molar refractivity (Wildman–Crippen MR) is 80.7 cm³/mol. The van der Waals surface area contributed by atoms with Gasteiger partial charge < -0.3 is 0 Å². The Bertz CT molecular complexity index is 714. The first-order valence-corrected chi connectivity index (χ1v) is 7.78. The SMILES string of the molecule is FC(F)(F)c1cccc(C23C[C@@H]2CN(Cc2ccccc2)C3)n1. The Balaban J connectivity index is 1.53. The van der Waals surface area contributed by atoms with Crippen molar-refractivity contribution in [3.63, 3.8) is 0 Å². The van der Waals surface area contributed by atoms with Gasteiger partial charge in [-0.25, -0.2) is 4.98 Å².